The Bertz CT molecular complexity index is 863. The van der Waals surface area contributed by atoms with Crippen LogP contribution in [0.2, 0.25) is 0 Å². The van der Waals surface area contributed by atoms with Crippen LogP contribution >= 0.6 is 12.2 Å². The molecule has 5 nitrogen and oxygen atoms in total. The number of nitrogens with one attached hydrogen (secondary N) is 2. The summed E-state index contributed by atoms with van der Waals surface area (Å²) in [6.45, 7) is 1.76. The van der Waals surface area contributed by atoms with Crippen molar-refractivity contribution in [3.63, 3.8) is 0 Å². The number of amides is 1. The summed E-state index contributed by atoms with van der Waals surface area (Å²) in [7, 11) is 0. The molecule has 2 aromatic rings. The van der Waals surface area contributed by atoms with E-state index in [1.54, 1.807) is 31.2 Å². The molecular weight excluding hydrogens is 322 g/mol. The van der Waals surface area contributed by atoms with Gasteiger partial charge >= 0.3 is 0 Å². The number of para-hydroxylation sites is 1. The maximum absolute atomic E-state index is 12.8. The van der Waals surface area contributed by atoms with Crippen molar-refractivity contribution in [2.45, 2.75) is 12.8 Å². The minimum atomic E-state index is -0.623. The number of benzene rings is 1. The maximum Gasteiger partial charge on any atom is 0.254 e. The van der Waals surface area contributed by atoms with E-state index >= 15 is 0 Å². The summed E-state index contributed by atoms with van der Waals surface area (Å²) in [5, 5.41) is 15.3. The summed E-state index contributed by atoms with van der Waals surface area (Å²) < 4.78 is 5.46. The third kappa shape index (κ3) is 2.93. The zero-order valence-electron chi connectivity index (χ0n) is 12.9. The molecule has 24 heavy (non-hydrogen) atoms. The van der Waals surface area contributed by atoms with Gasteiger partial charge in [0.25, 0.3) is 5.91 Å². The molecule has 3 rings (SSSR count). The van der Waals surface area contributed by atoms with Gasteiger partial charge in [0.15, 0.2) is 0 Å². The van der Waals surface area contributed by atoms with Crippen LogP contribution in [0.1, 0.15) is 18.6 Å². The van der Waals surface area contributed by atoms with Crippen molar-refractivity contribution in [3.8, 4) is 0 Å². The molecule has 1 aliphatic heterocycles. The fourth-order valence-electron chi connectivity index (χ4n) is 2.67. The van der Waals surface area contributed by atoms with E-state index in [9.17, 15) is 10.2 Å². The first-order chi connectivity index (χ1) is 11.6. The highest BCUT2D eigenvalue weighted by Crippen LogP contribution is 2.36. The molecule has 1 amide bonds. The number of allylic oxidation sites excluding steroid dienone is 1. The summed E-state index contributed by atoms with van der Waals surface area (Å²) >= 11 is 5.25. The van der Waals surface area contributed by atoms with Crippen molar-refractivity contribution in [1.29, 1.82) is 0 Å². The first-order valence-corrected chi connectivity index (χ1v) is 7.71. The second-order valence-electron chi connectivity index (χ2n) is 5.29. The molecule has 1 aliphatic rings. The molecule has 0 spiro atoms. The highest BCUT2D eigenvalue weighted by molar-refractivity contribution is 7.80. The number of furan rings is 1. The Kier molecular flexibility index (Phi) is 4.42. The smallest absolute Gasteiger partial charge is 0.254 e. The van der Waals surface area contributed by atoms with Gasteiger partial charge in [0.1, 0.15) is 10.7 Å². The topological polar surface area (TPSA) is 76.6 Å². The Labute approximate surface area is 144 Å². The summed E-state index contributed by atoms with van der Waals surface area (Å²) in [5.74, 6) is 1.68. The number of carbonyl (C=O) groups excluding carboxylic acids is 1. The lowest BCUT2D eigenvalue weighted by atomic mass is 9.84. The molecule has 2 N–H and O–H groups in total. The van der Waals surface area contributed by atoms with Crippen LogP contribution in [0.25, 0.3) is 5.41 Å². The molecule has 0 saturated carbocycles. The largest absolute Gasteiger partial charge is 0.763 e. The summed E-state index contributed by atoms with van der Waals surface area (Å²) in [5.41, 5.74) is 1.99. The lowest BCUT2D eigenvalue weighted by Crippen LogP contribution is -2.36. The number of rotatable bonds is 3. The summed E-state index contributed by atoms with van der Waals surface area (Å²) in [6.07, 6.45) is 1.51. The molecule has 1 aromatic carbocycles. The van der Waals surface area contributed by atoms with Gasteiger partial charge in [-0.3, -0.25) is 10.7 Å². The summed E-state index contributed by atoms with van der Waals surface area (Å²) in [4.78, 5) is 13.1. The lowest BCUT2D eigenvalue weighted by molar-refractivity contribution is -0.113. The van der Waals surface area contributed by atoms with Gasteiger partial charge in [0.2, 0.25) is 0 Å². The first kappa shape index (κ1) is 15.9. The number of nitrogens with zero attached hydrogens (tertiary/aromatic N) is 1. The van der Waals surface area contributed by atoms with Crippen molar-refractivity contribution >= 4 is 34.7 Å². The quantitative estimate of drug-likeness (QED) is 0.512. The average molecular weight is 336 g/mol. The highest BCUT2D eigenvalue weighted by Gasteiger charge is 2.35. The molecular formula is C18H14N3O2S-. The van der Waals surface area contributed by atoms with E-state index in [0.29, 0.717) is 33.3 Å². The van der Waals surface area contributed by atoms with Gasteiger partial charge in [-0.15, -0.1) is 0 Å². The predicted octanol–water partition coefficient (Wildman–Crippen LogP) is 3.37. The van der Waals surface area contributed by atoms with Crippen molar-refractivity contribution in [2.75, 3.05) is 5.32 Å². The minimum Gasteiger partial charge on any atom is -0.763 e. The number of anilines is 1. The monoisotopic (exact) mass is 336 g/mol. The second-order valence-corrected chi connectivity index (χ2v) is 5.70. The molecule has 1 atom stereocenters. The van der Waals surface area contributed by atoms with Gasteiger partial charge in [0.05, 0.1) is 17.8 Å². The van der Waals surface area contributed by atoms with Crippen LogP contribution in [-0.4, -0.2) is 16.8 Å². The van der Waals surface area contributed by atoms with Gasteiger partial charge < -0.3 is 20.5 Å². The lowest BCUT2D eigenvalue weighted by Gasteiger charge is -2.29. The Morgan fingerprint density at radius 2 is 2.04 bits per heavy atom. The maximum atomic E-state index is 12.8. The molecule has 2 heterocycles. The SMILES string of the molecule is CC1=C(C(=O)Nc2ccccc2)C(c2ccco2)C(=C=[N-])C(=S)N1. The molecule has 0 radical (unpaired) electrons. The number of thiocarbonyl (C=S) groups is 1. The van der Waals surface area contributed by atoms with Gasteiger partial charge in [-0.05, 0) is 31.2 Å². The van der Waals surface area contributed by atoms with Crippen molar-refractivity contribution in [1.82, 2.24) is 5.32 Å². The molecule has 6 heteroatoms. The molecule has 1 aromatic heterocycles. The number of carbonyl (C=O) groups is 1. The fraction of sp³-hybridized carbons (Fsp3) is 0.111. The van der Waals surface area contributed by atoms with E-state index in [2.05, 4.69) is 16.5 Å². The molecule has 0 aliphatic carbocycles. The van der Waals surface area contributed by atoms with E-state index in [4.69, 9.17) is 16.6 Å². The van der Waals surface area contributed by atoms with E-state index in [0.717, 1.165) is 0 Å². The molecule has 0 bridgehead atoms. The highest BCUT2D eigenvalue weighted by atomic mass is 32.1. The van der Waals surface area contributed by atoms with Crippen LogP contribution in [0.3, 0.4) is 0 Å². The first-order valence-electron chi connectivity index (χ1n) is 7.30. The van der Waals surface area contributed by atoms with E-state index in [-0.39, 0.29) is 5.91 Å². The molecule has 0 saturated heterocycles. The van der Waals surface area contributed by atoms with Crippen LogP contribution in [-0.2, 0) is 4.79 Å². The number of hydrogen-bond donors (Lipinski definition) is 2. The van der Waals surface area contributed by atoms with Crippen molar-refractivity contribution in [3.05, 3.63) is 76.7 Å². The van der Waals surface area contributed by atoms with Crippen LogP contribution in [0.15, 0.2) is 70.0 Å². The molecule has 0 fully saturated rings. The third-order valence-corrected chi connectivity index (χ3v) is 4.07. The van der Waals surface area contributed by atoms with Gasteiger partial charge in [-0.2, -0.15) is 0 Å². The van der Waals surface area contributed by atoms with Gasteiger partial charge in [-0.1, -0.05) is 30.4 Å². The zero-order valence-corrected chi connectivity index (χ0v) is 13.7. The summed E-state index contributed by atoms with van der Waals surface area (Å²) in [6, 6.07) is 12.6. The fourth-order valence-corrected chi connectivity index (χ4v) is 2.99. The van der Waals surface area contributed by atoms with E-state index in [1.807, 2.05) is 18.2 Å². The van der Waals surface area contributed by atoms with Crippen LogP contribution in [0, 0.1) is 0 Å². The number of hydrogen-bond acceptors (Lipinski definition) is 3. The van der Waals surface area contributed by atoms with Gasteiger partial charge in [-0.25, -0.2) is 0 Å². The zero-order chi connectivity index (χ0) is 17.1. The standard InChI is InChI=1S/C18H14N3O2S/c1-11-15(17(22)21-12-6-3-2-4-7-12)16(14-8-5-9-23-14)13(10-19)18(24)20-11/h2-9,16H,1H3,(H,20,24)(H,21,22)/q-1. The Morgan fingerprint density at radius 3 is 2.67 bits per heavy atom. The van der Waals surface area contributed by atoms with E-state index < -0.39 is 5.92 Å². The molecule has 120 valence electrons. The average Bonchev–Trinajstić information content (AvgIpc) is 3.09. The van der Waals surface area contributed by atoms with Crippen molar-refractivity contribution in [2.24, 2.45) is 0 Å². The second kappa shape index (κ2) is 6.66. The third-order valence-electron chi connectivity index (χ3n) is 3.75. The Balaban J connectivity index is 2.04. The van der Waals surface area contributed by atoms with E-state index in [1.165, 1.54) is 6.26 Å². The van der Waals surface area contributed by atoms with Gasteiger partial charge in [0, 0.05) is 17.0 Å². The van der Waals surface area contributed by atoms with Crippen LogP contribution < -0.4 is 10.6 Å². The Hall–Kier alpha value is -2.95. The minimum absolute atomic E-state index is 0.295. The van der Waals surface area contributed by atoms with Crippen LogP contribution in [0.4, 0.5) is 5.69 Å². The predicted molar refractivity (Wildman–Crippen MR) is 96.8 cm³/mol. The Morgan fingerprint density at radius 1 is 1.29 bits per heavy atom. The normalized spacial score (nSPS) is 17.3. The molecule has 1 unspecified atom stereocenters. The van der Waals surface area contributed by atoms with Crippen LogP contribution in [0.5, 0.6) is 0 Å². The van der Waals surface area contributed by atoms with Crippen molar-refractivity contribution < 1.29 is 9.21 Å².